The van der Waals surface area contributed by atoms with Gasteiger partial charge in [0.05, 0.1) is 11.0 Å². The van der Waals surface area contributed by atoms with Crippen molar-refractivity contribution in [2.45, 2.75) is 20.4 Å². The molecule has 18 heavy (non-hydrogen) atoms. The first-order chi connectivity index (χ1) is 8.79. The summed E-state index contributed by atoms with van der Waals surface area (Å²) in [5.74, 6) is 0.943. The molecule has 0 radical (unpaired) electrons. The van der Waals surface area contributed by atoms with Crippen LogP contribution in [0.3, 0.4) is 0 Å². The minimum absolute atomic E-state index is 0.894. The Bertz CT molecular complexity index is 681. The fraction of sp³-hybridized carbons (Fsp3) is 0.200. The molecule has 90 valence electrons. The predicted octanol–water partition coefficient (Wildman–Crippen LogP) is 3.43. The van der Waals surface area contributed by atoms with Gasteiger partial charge >= 0.3 is 0 Å². The van der Waals surface area contributed by atoms with Crippen LogP contribution >= 0.6 is 0 Å². The number of aromatic nitrogens is 3. The molecule has 0 fully saturated rings. The first kappa shape index (κ1) is 11.0. The number of hydrogen-bond acceptors (Lipinski definition) is 2. The smallest absolute Gasteiger partial charge is 0.159 e. The molecule has 0 saturated heterocycles. The standard InChI is InChI=1S/C15H15N3/c1-3-18-14-7-5-4-6-12(14)17-15(18)13-9-8-11(2)10-16-13/h4-10H,3H2,1-2H3. The van der Waals surface area contributed by atoms with Gasteiger partial charge < -0.3 is 4.57 Å². The van der Waals surface area contributed by atoms with E-state index < -0.39 is 0 Å². The zero-order valence-corrected chi connectivity index (χ0v) is 10.6. The van der Waals surface area contributed by atoms with Crippen molar-refractivity contribution >= 4 is 11.0 Å². The maximum Gasteiger partial charge on any atom is 0.159 e. The highest BCUT2D eigenvalue weighted by molar-refractivity contribution is 5.79. The molecule has 3 nitrogen and oxygen atoms in total. The molecule has 1 aromatic carbocycles. The predicted molar refractivity (Wildman–Crippen MR) is 73.4 cm³/mol. The highest BCUT2D eigenvalue weighted by Crippen LogP contribution is 2.23. The summed E-state index contributed by atoms with van der Waals surface area (Å²) in [6.07, 6.45) is 1.88. The van der Waals surface area contributed by atoms with Gasteiger partial charge in [-0.05, 0) is 37.6 Å². The molecule has 3 aromatic rings. The van der Waals surface area contributed by atoms with Gasteiger partial charge in [-0.2, -0.15) is 0 Å². The maximum atomic E-state index is 4.68. The molecule has 0 amide bonds. The molecule has 0 aliphatic rings. The van der Waals surface area contributed by atoms with Gasteiger partial charge in [-0.15, -0.1) is 0 Å². The summed E-state index contributed by atoms with van der Waals surface area (Å²) in [6.45, 7) is 5.07. The highest BCUT2D eigenvalue weighted by atomic mass is 15.1. The molecule has 0 atom stereocenters. The lowest BCUT2D eigenvalue weighted by molar-refractivity contribution is 0.793. The zero-order chi connectivity index (χ0) is 12.5. The normalized spacial score (nSPS) is 11.0. The maximum absolute atomic E-state index is 4.68. The number of fused-ring (bicyclic) bond motifs is 1. The summed E-state index contributed by atoms with van der Waals surface area (Å²) < 4.78 is 2.20. The quantitative estimate of drug-likeness (QED) is 0.683. The van der Waals surface area contributed by atoms with Crippen LogP contribution in [0.4, 0.5) is 0 Å². The average molecular weight is 237 g/mol. The summed E-state index contributed by atoms with van der Waals surface area (Å²) in [4.78, 5) is 9.15. The zero-order valence-electron chi connectivity index (χ0n) is 10.6. The molecule has 0 N–H and O–H groups in total. The van der Waals surface area contributed by atoms with E-state index in [4.69, 9.17) is 0 Å². The summed E-state index contributed by atoms with van der Waals surface area (Å²) in [5.41, 5.74) is 4.28. The number of benzene rings is 1. The molecule has 0 spiro atoms. The Morgan fingerprint density at radius 2 is 1.94 bits per heavy atom. The van der Waals surface area contributed by atoms with Gasteiger partial charge in [-0.3, -0.25) is 4.98 Å². The van der Waals surface area contributed by atoms with Crippen LogP contribution in [-0.2, 0) is 6.54 Å². The topological polar surface area (TPSA) is 30.7 Å². The Morgan fingerprint density at radius 1 is 1.11 bits per heavy atom. The fourth-order valence-corrected chi connectivity index (χ4v) is 2.19. The van der Waals surface area contributed by atoms with Gasteiger partial charge in [0.25, 0.3) is 0 Å². The van der Waals surface area contributed by atoms with E-state index >= 15 is 0 Å². The number of para-hydroxylation sites is 2. The summed E-state index contributed by atoms with van der Waals surface area (Å²) >= 11 is 0. The van der Waals surface area contributed by atoms with Crippen molar-refractivity contribution in [3.05, 3.63) is 48.2 Å². The first-order valence-corrected chi connectivity index (χ1v) is 6.18. The van der Waals surface area contributed by atoms with E-state index in [0.717, 1.165) is 34.7 Å². The van der Waals surface area contributed by atoms with E-state index in [-0.39, 0.29) is 0 Å². The lowest BCUT2D eigenvalue weighted by Gasteiger charge is -2.05. The molecular weight excluding hydrogens is 222 g/mol. The van der Waals surface area contributed by atoms with E-state index in [1.807, 2.05) is 37.4 Å². The molecule has 0 saturated carbocycles. The van der Waals surface area contributed by atoms with Crippen LogP contribution in [0.1, 0.15) is 12.5 Å². The second-order valence-electron chi connectivity index (χ2n) is 4.39. The lowest BCUT2D eigenvalue weighted by Crippen LogP contribution is -1.98. The van der Waals surface area contributed by atoms with Gasteiger partial charge in [0.15, 0.2) is 5.82 Å². The third-order valence-electron chi connectivity index (χ3n) is 3.11. The SMILES string of the molecule is CCn1c(-c2ccc(C)cn2)nc2ccccc21. The van der Waals surface area contributed by atoms with Gasteiger partial charge in [0.2, 0.25) is 0 Å². The molecule has 2 aromatic heterocycles. The molecule has 0 aliphatic heterocycles. The number of hydrogen-bond donors (Lipinski definition) is 0. The van der Waals surface area contributed by atoms with Crippen LogP contribution in [0.15, 0.2) is 42.6 Å². The van der Waals surface area contributed by atoms with Crippen LogP contribution in [-0.4, -0.2) is 14.5 Å². The van der Waals surface area contributed by atoms with Crippen molar-refractivity contribution in [1.29, 1.82) is 0 Å². The summed E-state index contributed by atoms with van der Waals surface area (Å²) in [7, 11) is 0. The fourth-order valence-electron chi connectivity index (χ4n) is 2.19. The van der Waals surface area contributed by atoms with E-state index in [9.17, 15) is 0 Å². The van der Waals surface area contributed by atoms with Crippen LogP contribution in [0.25, 0.3) is 22.6 Å². The van der Waals surface area contributed by atoms with Crippen molar-refractivity contribution in [3.63, 3.8) is 0 Å². The molecule has 2 heterocycles. The number of imidazole rings is 1. The number of aryl methyl sites for hydroxylation is 2. The Morgan fingerprint density at radius 3 is 2.67 bits per heavy atom. The second kappa shape index (κ2) is 4.26. The molecule has 3 heteroatoms. The molecule has 0 aliphatic carbocycles. The highest BCUT2D eigenvalue weighted by Gasteiger charge is 2.11. The minimum atomic E-state index is 0.894. The van der Waals surface area contributed by atoms with Crippen LogP contribution in [0.5, 0.6) is 0 Å². The molecule has 0 bridgehead atoms. The van der Waals surface area contributed by atoms with Crippen LogP contribution < -0.4 is 0 Å². The number of pyridine rings is 1. The van der Waals surface area contributed by atoms with Crippen molar-refractivity contribution in [1.82, 2.24) is 14.5 Å². The van der Waals surface area contributed by atoms with Crippen molar-refractivity contribution in [3.8, 4) is 11.5 Å². The van der Waals surface area contributed by atoms with Gasteiger partial charge in [-0.25, -0.2) is 4.98 Å². The largest absolute Gasteiger partial charge is 0.323 e. The monoisotopic (exact) mass is 237 g/mol. The Kier molecular flexibility index (Phi) is 2.59. The summed E-state index contributed by atoms with van der Waals surface area (Å²) in [6, 6.07) is 12.3. The molecule has 0 unspecified atom stereocenters. The lowest BCUT2D eigenvalue weighted by atomic mass is 10.2. The number of rotatable bonds is 2. The Hall–Kier alpha value is -2.16. The Labute approximate surface area is 106 Å². The van der Waals surface area contributed by atoms with Crippen LogP contribution in [0.2, 0.25) is 0 Å². The van der Waals surface area contributed by atoms with Crippen molar-refractivity contribution < 1.29 is 0 Å². The van der Waals surface area contributed by atoms with Gasteiger partial charge in [0, 0.05) is 12.7 Å². The second-order valence-corrected chi connectivity index (χ2v) is 4.39. The van der Waals surface area contributed by atoms with Crippen molar-refractivity contribution in [2.75, 3.05) is 0 Å². The van der Waals surface area contributed by atoms with Gasteiger partial charge in [-0.1, -0.05) is 18.2 Å². The minimum Gasteiger partial charge on any atom is -0.323 e. The Balaban J connectivity index is 2.25. The van der Waals surface area contributed by atoms with E-state index in [2.05, 4.69) is 33.6 Å². The van der Waals surface area contributed by atoms with Crippen molar-refractivity contribution in [2.24, 2.45) is 0 Å². The summed E-state index contributed by atoms with van der Waals surface area (Å²) in [5, 5.41) is 0. The number of nitrogens with zero attached hydrogens (tertiary/aromatic N) is 3. The molecule has 3 rings (SSSR count). The third kappa shape index (κ3) is 1.68. The van der Waals surface area contributed by atoms with Crippen LogP contribution in [0, 0.1) is 6.92 Å². The first-order valence-electron chi connectivity index (χ1n) is 6.18. The van der Waals surface area contributed by atoms with E-state index in [1.165, 1.54) is 0 Å². The van der Waals surface area contributed by atoms with E-state index in [0.29, 0.717) is 0 Å². The molecular formula is C15H15N3. The third-order valence-corrected chi connectivity index (χ3v) is 3.11. The van der Waals surface area contributed by atoms with E-state index in [1.54, 1.807) is 0 Å². The van der Waals surface area contributed by atoms with Gasteiger partial charge in [0.1, 0.15) is 5.69 Å². The average Bonchev–Trinajstić information content (AvgIpc) is 2.78.